The van der Waals surface area contributed by atoms with Gasteiger partial charge >= 0.3 is 0 Å². The highest BCUT2D eigenvalue weighted by Crippen LogP contribution is 2.23. The normalized spacial score (nSPS) is 13.5. The zero-order valence-electron chi connectivity index (χ0n) is 41.8. The molecule has 1 atom stereocenters. The summed E-state index contributed by atoms with van der Waals surface area (Å²) in [5.41, 5.74) is 1.07. The van der Waals surface area contributed by atoms with Gasteiger partial charge in [0.2, 0.25) is 0 Å². The van der Waals surface area contributed by atoms with Gasteiger partial charge in [-0.3, -0.25) is 14.5 Å². The van der Waals surface area contributed by atoms with E-state index in [2.05, 4.69) is 27.9 Å². The van der Waals surface area contributed by atoms with Crippen LogP contribution in [0.3, 0.4) is 0 Å². The van der Waals surface area contributed by atoms with Gasteiger partial charge in [0.25, 0.3) is 11.8 Å². The number of benzene rings is 1. The summed E-state index contributed by atoms with van der Waals surface area (Å²) in [6, 6.07) is 7.19. The number of unbranched alkanes of at least 4 members (excludes halogenated alkanes) is 34. The van der Waals surface area contributed by atoms with E-state index in [1.807, 2.05) is 12.1 Å². The zero-order valence-corrected chi connectivity index (χ0v) is 41.8. The molecule has 0 saturated heterocycles. The molecule has 360 valence electrons. The molecule has 0 saturated carbocycles. The quantitative estimate of drug-likeness (QED) is 0.0372. The maximum Gasteiger partial charge on any atom is 0.261 e. The lowest BCUT2D eigenvalue weighted by molar-refractivity contribution is -0.893. The number of amides is 2. The van der Waals surface area contributed by atoms with Gasteiger partial charge in [0.05, 0.1) is 38.4 Å². The number of hydrogen-bond donors (Lipinski definition) is 0. The molecule has 1 aromatic rings. The van der Waals surface area contributed by atoms with Crippen LogP contribution < -0.4 is 0 Å². The van der Waals surface area contributed by atoms with Gasteiger partial charge in [-0.1, -0.05) is 244 Å². The monoisotopic (exact) mass is 868 g/mol. The molecule has 0 radical (unpaired) electrons. The lowest BCUT2D eigenvalue weighted by Gasteiger charge is -2.34. The summed E-state index contributed by atoms with van der Waals surface area (Å²) in [6.07, 6.45) is 50.7. The number of ether oxygens (including phenoxy) is 2. The Morgan fingerprint density at radius 2 is 0.774 bits per heavy atom. The Balaban J connectivity index is 1.56. The van der Waals surface area contributed by atoms with Gasteiger partial charge in [-0.15, -0.1) is 0 Å². The van der Waals surface area contributed by atoms with Crippen LogP contribution in [0.15, 0.2) is 24.3 Å². The predicted molar refractivity (Wildman–Crippen MR) is 266 cm³/mol. The van der Waals surface area contributed by atoms with Crippen molar-refractivity contribution in [1.82, 2.24) is 4.90 Å². The number of fused-ring (bicyclic) bond motifs is 1. The van der Waals surface area contributed by atoms with Crippen molar-refractivity contribution in [3.63, 3.8) is 0 Å². The van der Waals surface area contributed by atoms with Crippen LogP contribution in [0.1, 0.15) is 272 Å². The first-order chi connectivity index (χ1) is 30.4. The van der Waals surface area contributed by atoms with Crippen LogP contribution in [0.25, 0.3) is 0 Å². The molecular weight excluding hydrogens is 765 g/mol. The maximum atomic E-state index is 12.9. The van der Waals surface area contributed by atoms with Crippen LogP contribution in [0.4, 0.5) is 0 Å². The third-order valence-electron chi connectivity index (χ3n) is 13.5. The fraction of sp³-hybridized carbons (Fsp3) is 0.857. The molecule has 0 spiro atoms. The second-order valence-corrected chi connectivity index (χ2v) is 20.1. The molecule has 1 heterocycles. The number of rotatable bonds is 47. The highest BCUT2D eigenvalue weighted by Gasteiger charge is 2.35. The highest BCUT2D eigenvalue weighted by atomic mass is 16.5. The average Bonchev–Trinajstić information content (AvgIpc) is 3.51. The van der Waals surface area contributed by atoms with Gasteiger partial charge in [-0.2, -0.15) is 0 Å². The molecule has 6 heteroatoms. The van der Waals surface area contributed by atoms with Crippen molar-refractivity contribution in [3.05, 3.63) is 35.4 Å². The van der Waals surface area contributed by atoms with Crippen molar-refractivity contribution in [2.75, 3.05) is 53.6 Å². The van der Waals surface area contributed by atoms with Gasteiger partial charge in [0.15, 0.2) is 0 Å². The Morgan fingerprint density at radius 3 is 1.13 bits per heavy atom. The summed E-state index contributed by atoms with van der Waals surface area (Å²) in [7, 11) is 4.49. The molecule has 0 aromatic heterocycles. The first-order valence-corrected chi connectivity index (χ1v) is 27.4. The molecule has 2 rings (SSSR count). The number of quaternary nitrogens is 1. The molecule has 2 amide bonds. The second kappa shape index (κ2) is 39.6. The van der Waals surface area contributed by atoms with E-state index >= 15 is 0 Å². The number of hydrogen-bond acceptors (Lipinski definition) is 4. The minimum Gasteiger partial charge on any atom is -0.379 e. The number of carbonyl (C=O) groups excluding carboxylic acids is 2. The van der Waals surface area contributed by atoms with Gasteiger partial charge in [0.1, 0.15) is 12.6 Å². The summed E-state index contributed by atoms with van der Waals surface area (Å²) in [4.78, 5) is 27.2. The molecule has 0 fully saturated rings. The van der Waals surface area contributed by atoms with E-state index in [1.54, 1.807) is 12.1 Å². The summed E-state index contributed by atoms with van der Waals surface area (Å²) in [6.45, 7) is 9.02. The highest BCUT2D eigenvalue weighted by molar-refractivity contribution is 6.21. The zero-order chi connectivity index (χ0) is 44.6. The maximum absolute atomic E-state index is 12.9. The van der Waals surface area contributed by atoms with E-state index in [9.17, 15) is 9.59 Å². The van der Waals surface area contributed by atoms with Crippen molar-refractivity contribution >= 4 is 11.8 Å². The first-order valence-electron chi connectivity index (χ1n) is 27.4. The lowest BCUT2D eigenvalue weighted by Crippen LogP contribution is -2.49. The SMILES string of the molecule is CCCCCCCCCCCCCCCCCCCCOCC(C[N+](C)(C)CCCN1C(=O)c2ccccc2C1=O)OCCCCCCCCCCCCCCCCCCCC. The summed E-state index contributed by atoms with van der Waals surface area (Å²) < 4.78 is 13.6. The predicted octanol–water partition coefficient (Wildman–Crippen LogP) is 16.2. The number of nitrogens with zero attached hydrogens (tertiary/aromatic N) is 2. The Hall–Kier alpha value is -1.76. The molecule has 0 bridgehead atoms. The van der Waals surface area contributed by atoms with Crippen molar-refractivity contribution in [3.8, 4) is 0 Å². The Morgan fingerprint density at radius 1 is 0.452 bits per heavy atom. The lowest BCUT2D eigenvalue weighted by atomic mass is 10.0. The minimum atomic E-state index is -0.158. The Kier molecular flexibility index (Phi) is 36.0. The van der Waals surface area contributed by atoms with Crippen molar-refractivity contribution in [2.24, 2.45) is 0 Å². The molecule has 1 aromatic carbocycles. The van der Waals surface area contributed by atoms with Crippen molar-refractivity contribution in [1.29, 1.82) is 0 Å². The third-order valence-corrected chi connectivity index (χ3v) is 13.5. The minimum absolute atomic E-state index is 0.0469. The molecule has 1 unspecified atom stereocenters. The van der Waals surface area contributed by atoms with Gasteiger partial charge in [0, 0.05) is 26.2 Å². The fourth-order valence-corrected chi connectivity index (χ4v) is 9.47. The largest absolute Gasteiger partial charge is 0.379 e. The molecule has 1 aliphatic rings. The van der Waals surface area contributed by atoms with Gasteiger partial charge in [-0.05, 0) is 25.0 Å². The molecule has 0 aliphatic carbocycles. The van der Waals surface area contributed by atoms with E-state index < -0.39 is 0 Å². The summed E-state index contributed by atoms with van der Waals surface area (Å²) in [5, 5.41) is 0. The van der Waals surface area contributed by atoms with Crippen LogP contribution in [-0.2, 0) is 9.47 Å². The molecular formula is C56H103N2O4+. The molecule has 1 aliphatic heterocycles. The Bertz CT molecular complexity index is 1150. The van der Waals surface area contributed by atoms with E-state index in [-0.39, 0.29) is 17.9 Å². The van der Waals surface area contributed by atoms with Crippen molar-refractivity contribution < 1.29 is 23.5 Å². The van der Waals surface area contributed by atoms with Crippen LogP contribution >= 0.6 is 0 Å². The molecule has 6 nitrogen and oxygen atoms in total. The fourth-order valence-electron chi connectivity index (χ4n) is 9.47. The number of imide groups is 1. The standard InChI is InChI=1S/C56H103N2O4/c1-5-7-9-11-13-15-17-19-21-23-25-27-29-31-33-35-37-41-48-61-51-52(50-58(3,4)47-43-46-57-55(59)53-44-39-40-45-54(53)56(57)60)62-49-42-38-36-34-32-30-28-26-24-22-20-18-16-14-12-10-8-6-2/h39-40,44-45,52H,5-38,41-43,46-51H2,1-4H3/q+1. The van der Waals surface area contributed by atoms with Crippen LogP contribution in [0.2, 0.25) is 0 Å². The van der Waals surface area contributed by atoms with E-state index in [0.29, 0.717) is 24.3 Å². The smallest absolute Gasteiger partial charge is 0.261 e. The van der Waals surface area contributed by atoms with Crippen molar-refractivity contribution in [2.45, 2.75) is 258 Å². The first kappa shape index (κ1) is 56.4. The molecule has 0 N–H and O–H groups in total. The van der Waals surface area contributed by atoms with Gasteiger partial charge < -0.3 is 14.0 Å². The molecule has 62 heavy (non-hydrogen) atoms. The number of carbonyl (C=O) groups is 2. The van der Waals surface area contributed by atoms with E-state index in [4.69, 9.17) is 9.47 Å². The Labute approximate surface area is 385 Å². The topological polar surface area (TPSA) is 55.8 Å². The number of likely N-dealkylation sites (N-methyl/N-ethyl adjacent to an activating group) is 1. The third kappa shape index (κ3) is 29.6. The second-order valence-electron chi connectivity index (χ2n) is 20.1. The van der Waals surface area contributed by atoms with E-state index in [1.165, 1.54) is 223 Å². The van der Waals surface area contributed by atoms with Gasteiger partial charge in [-0.25, -0.2) is 0 Å². The van der Waals surface area contributed by atoms with Crippen LogP contribution in [0, 0.1) is 0 Å². The van der Waals surface area contributed by atoms with Crippen LogP contribution in [-0.4, -0.2) is 80.9 Å². The summed E-state index contributed by atoms with van der Waals surface area (Å²) in [5.74, 6) is -0.316. The van der Waals surface area contributed by atoms with E-state index in [0.717, 1.165) is 50.0 Å². The average molecular weight is 868 g/mol. The summed E-state index contributed by atoms with van der Waals surface area (Å²) >= 11 is 0. The van der Waals surface area contributed by atoms with Crippen LogP contribution in [0.5, 0.6) is 0 Å².